The summed E-state index contributed by atoms with van der Waals surface area (Å²) in [6.45, 7) is 2.51. The Balaban J connectivity index is 2.24. The van der Waals surface area contributed by atoms with Gasteiger partial charge in [0, 0.05) is 24.6 Å². The maximum atomic E-state index is 13.6. The minimum absolute atomic E-state index is 0.0680. The molecule has 0 spiro atoms. The first kappa shape index (κ1) is 17.4. The van der Waals surface area contributed by atoms with Gasteiger partial charge in [0.2, 0.25) is 0 Å². The van der Waals surface area contributed by atoms with E-state index in [1.807, 2.05) is 11.8 Å². The third-order valence-corrected chi connectivity index (χ3v) is 4.53. The Morgan fingerprint density at radius 1 is 1.26 bits per heavy atom. The van der Waals surface area contributed by atoms with Gasteiger partial charge in [-0.25, -0.2) is 4.39 Å². The van der Waals surface area contributed by atoms with Crippen LogP contribution in [-0.2, 0) is 11.2 Å². The largest absolute Gasteiger partial charge is 0.481 e. The molecule has 1 amide bonds. The van der Waals surface area contributed by atoms with Gasteiger partial charge in [0.05, 0.1) is 0 Å². The van der Waals surface area contributed by atoms with E-state index in [1.165, 1.54) is 24.6 Å². The van der Waals surface area contributed by atoms with Gasteiger partial charge in [-0.3, -0.25) is 9.59 Å². The number of hydrogen-bond donors (Lipinski definition) is 1. The molecule has 1 N–H and O–H groups in total. The SMILES string of the molecule is CCN(C(=O)c1cc(F)ccc1CCC(=O)O)C1CCCCC1. The van der Waals surface area contributed by atoms with E-state index in [4.69, 9.17) is 5.11 Å². The molecule has 1 aromatic carbocycles. The highest BCUT2D eigenvalue weighted by Gasteiger charge is 2.26. The third-order valence-electron chi connectivity index (χ3n) is 4.53. The lowest BCUT2D eigenvalue weighted by Gasteiger charge is -2.34. The number of amides is 1. The Hall–Kier alpha value is -1.91. The van der Waals surface area contributed by atoms with Crippen LogP contribution in [-0.4, -0.2) is 34.5 Å². The molecular formula is C18H24FNO3. The van der Waals surface area contributed by atoms with Gasteiger partial charge in [-0.2, -0.15) is 0 Å². The summed E-state index contributed by atoms with van der Waals surface area (Å²) in [5.41, 5.74) is 0.909. The van der Waals surface area contributed by atoms with Crippen LogP contribution >= 0.6 is 0 Å². The molecule has 0 bridgehead atoms. The Morgan fingerprint density at radius 3 is 2.57 bits per heavy atom. The Bertz CT molecular complexity index is 567. The predicted octanol–water partition coefficient (Wildman–Crippen LogP) is 3.64. The minimum atomic E-state index is -0.924. The predicted molar refractivity (Wildman–Crippen MR) is 85.9 cm³/mol. The number of nitrogens with zero attached hydrogens (tertiary/aromatic N) is 1. The van der Waals surface area contributed by atoms with E-state index in [0.29, 0.717) is 17.7 Å². The Kier molecular flexibility index (Phi) is 6.13. The van der Waals surface area contributed by atoms with Gasteiger partial charge in [0.15, 0.2) is 0 Å². The molecule has 1 aliphatic rings. The smallest absolute Gasteiger partial charge is 0.303 e. The highest BCUT2D eigenvalue weighted by atomic mass is 19.1. The number of aryl methyl sites for hydroxylation is 1. The zero-order valence-electron chi connectivity index (χ0n) is 13.6. The maximum Gasteiger partial charge on any atom is 0.303 e. The van der Waals surface area contributed by atoms with Crippen LogP contribution in [0.2, 0.25) is 0 Å². The summed E-state index contributed by atoms with van der Waals surface area (Å²) in [6, 6.07) is 4.26. The van der Waals surface area contributed by atoms with E-state index in [-0.39, 0.29) is 24.8 Å². The topological polar surface area (TPSA) is 57.6 Å². The average Bonchev–Trinajstić information content (AvgIpc) is 2.55. The van der Waals surface area contributed by atoms with E-state index < -0.39 is 11.8 Å². The van der Waals surface area contributed by atoms with Crippen LogP contribution in [0.5, 0.6) is 0 Å². The van der Waals surface area contributed by atoms with Gasteiger partial charge < -0.3 is 10.0 Å². The molecule has 23 heavy (non-hydrogen) atoms. The fraction of sp³-hybridized carbons (Fsp3) is 0.556. The molecule has 0 unspecified atom stereocenters. The molecule has 0 aromatic heterocycles. The van der Waals surface area contributed by atoms with Crippen LogP contribution in [0.25, 0.3) is 0 Å². The lowest BCUT2D eigenvalue weighted by atomic mass is 9.93. The minimum Gasteiger partial charge on any atom is -0.481 e. The average molecular weight is 321 g/mol. The lowest BCUT2D eigenvalue weighted by Crippen LogP contribution is -2.41. The van der Waals surface area contributed by atoms with E-state index in [9.17, 15) is 14.0 Å². The Morgan fingerprint density at radius 2 is 1.96 bits per heavy atom. The fourth-order valence-corrected chi connectivity index (χ4v) is 3.32. The van der Waals surface area contributed by atoms with E-state index in [2.05, 4.69) is 0 Å². The molecule has 1 saturated carbocycles. The summed E-state index contributed by atoms with van der Waals surface area (Å²) in [7, 11) is 0. The summed E-state index contributed by atoms with van der Waals surface area (Å²) in [5, 5.41) is 8.85. The zero-order valence-corrected chi connectivity index (χ0v) is 13.6. The highest BCUT2D eigenvalue weighted by Crippen LogP contribution is 2.25. The Labute approximate surface area is 136 Å². The van der Waals surface area contributed by atoms with Gasteiger partial charge >= 0.3 is 5.97 Å². The van der Waals surface area contributed by atoms with Crippen LogP contribution in [0.1, 0.15) is 61.4 Å². The normalized spacial score (nSPS) is 15.4. The molecule has 0 heterocycles. The molecule has 0 aliphatic heterocycles. The van der Waals surface area contributed by atoms with E-state index in [0.717, 1.165) is 25.7 Å². The number of aliphatic carboxylic acids is 1. The van der Waals surface area contributed by atoms with Gasteiger partial charge in [-0.1, -0.05) is 25.3 Å². The van der Waals surface area contributed by atoms with Crippen molar-refractivity contribution in [3.05, 3.63) is 35.1 Å². The van der Waals surface area contributed by atoms with Crippen molar-refractivity contribution in [2.75, 3.05) is 6.54 Å². The molecule has 1 fully saturated rings. The molecule has 0 atom stereocenters. The second-order valence-corrected chi connectivity index (χ2v) is 6.08. The second kappa shape index (κ2) is 8.09. The van der Waals surface area contributed by atoms with Crippen molar-refractivity contribution in [1.82, 2.24) is 4.90 Å². The molecular weight excluding hydrogens is 297 g/mol. The number of hydrogen-bond acceptors (Lipinski definition) is 2. The summed E-state index contributed by atoms with van der Waals surface area (Å²) >= 11 is 0. The van der Waals surface area contributed by atoms with E-state index >= 15 is 0 Å². The number of benzene rings is 1. The lowest BCUT2D eigenvalue weighted by molar-refractivity contribution is -0.136. The molecule has 4 nitrogen and oxygen atoms in total. The molecule has 0 saturated heterocycles. The van der Waals surface area contributed by atoms with Crippen LogP contribution < -0.4 is 0 Å². The number of carbonyl (C=O) groups is 2. The van der Waals surface area contributed by atoms with Crippen LogP contribution in [0.3, 0.4) is 0 Å². The standard InChI is InChI=1S/C18H24FNO3/c1-2-20(15-6-4-3-5-7-15)18(23)16-12-14(19)10-8-13(16)9-11-17(21)22/h8,10,12,15H,2-7,9,11H2,1H3,(H,21,22). The first-order chi connectivity index (χ1) is 11.0. The molecule has 1 aliphatic carbocycles. The summed E-state index contributed by atoms with van der Waals surface area (Å²) in [4.78, 5) is 25.5. The van der Waals surface area contributed by atoms with Gasteiger partial charge in [-0.15, -0.1) is 0 Å². The van der Waals surface area contributed by atoms with Crippen molar-refractivity contribution in [1.29, 1.82) is 0 Å². The maximum absolute atomic E-state index is 13.6. The van der Waals surface area contributed by atoms with Crippen LogP contribution in [0, 0.1) is 5.82 Å². The molecule has 0 radical (unpaired) electrons. The number of carboxylic acids is 1. The van der Waals surface area contributed by atoms with Gasteiger partial charge in [0.25, 0.3) is 5.91 Å². The number of rotatable bonds is 6. The van der Waals surface area contributed by atoms with Gasteiger partial charge in [-0.05, 0) is 43.9 Å². The van der Waals surface area contributed by atoms with Crippen molar-refractivity contribution < 1.29 is 19.1 Å². The molecule has 2 rings (SSSR count). The summed E-state index contributed by atoms with van der Waals surface area (Å²) in [6.07, 6.45) is 5.57. The van der Waals surface area contributed by atoms with Crippen molar-refractivity contribution in [3.63, 3.8) is 0 Å². The van der Waals surface area contributed by atoms with Crippen LogP contribution in [0.4, 0.5) is 4.39 Å². The van der Waals surface area contributed by atoms with Crippen molar-refractivity contribution in [2.45, 2.75) is 57.9 Å². The third kappa shape index (κ3) is 4.53. The summed E-state index contributed by atoms with van der Waals surface area (Å²) < 4.78 is 13.6. The highest BCUT2D eigenvalue weighted by molar-refractivity contribution is 5.96. The number of carboxylic acid groups (broad SMARTS) is 1. The number of halogens is 1. The molecule has 126 valence electrons. The second-order valence-electron chi connectivity index (χ2n) is 6.08. The van der Waals surface area contributed by atoms with Crippen molar-refractivity contribution in [3.8, 4) is 0 Å². The first-order valence-electron chi connectivity index (χ1n) is 8.34. The van der Waals surface area contributed by atoms with Crippen molar-refractivity contribution in [2.24, 2.45) is 0 Å². The molecule has 1 aromatic rings. The monoisotopic (exact) mass is 321 g/mol. The zero-order chi connectivity index (χ0) is 16.8. The van der Waals surface area contributed by atoms with Crippen molar-refractivity contribution >= 4 is 11.9 Å². The fourth-order valence-electron chi connectivity index (χ4n) is 3.32. The summed E-state index contributed by atoms with van der Waals surface area (Å²) in [5.74, 6) is -1.57. The number of carbonyl (C=O) groups excluding carboxylic acids is 1. The van der Waals surface area contributed by atoms with Crippen LogP contribution in [0.15, 0.2) is 18.2 Å². The molecule has 5 heteroatoms. The first-order valence-corrected chi connectivity index (χ1v) is 8.34. The van der Waals surface area contributed by atoms with Gasteiger partial charge in [0.1, 0.15) is 5.82 Å². The van der Waals surface area contributed by atoms with E-state index in [1.54, 1.807) is 0 Å². The quantitative estimate of drug-likeness (QED) is 0.870.